The van der Waals surface area contributed by atoms with E-state index in [1.54, 1.807) is 6.07 Å². The summed E-state index contributed by atoms with van der Waals surface area (Å²) in [4.78, 5) is 9.45. The summed E-state index contributed by atoms with van der Waals surface area (Å²) in [5, 5.41) is 0.507. The fourth-order valence-corrected chi connectivity index (χ4v) is 3.52. The average molecular weight is 359 g/mol. The van der Waals surface area contributed by atoms with Gasteiger partial charge in [0, 0.05) is 56.7 Å². The Morgan fingerprint density at radius 1 is 1.00 bits per heavy atom. The predicted octanol–water partition coefficient (Wildman–Crippen LogP) is 3.44. The molecular formula is C19H20ClFN4. The van der Waals surface area contributed by atoms with E-state index in [9.17, 15) is 4.39 Å². The molecule has 0 spiro atoms. The van der Waals surface area contributed by atoms with Crippen LogP contribution in [0.1, 0.15) is 11.3 Å². The quantitative estimate of drug-likeness (QED) is 0.713. The van der Waals surface area contributed by atoms with Crippen LogP contribution in [0.5, 0.6) is 0 Å². The van der Waals surface area contributed by atoms with Crippen LogP contribution in [0.15, 0.2) is 48.8 Å². The lowest BCUT2D eigenvalue weighted by molar-refractivity contribution is 0.121. The molecule has 0 saturated carbocycles. The molecular weight excluding hydrogens is 339 g/mol. The van der Waals surface area contributed by atoms with Crippen molar-refractivity contribution in [3.63, 3.8) is 0 Å². The molecule has 0 N–H and O–H groups in total. The van der Waals surface area contributed by atoms with Gasteiger partial charge in [-0.2, -0.15) is 0 Å². The Morgan fingerprint density at radius 3 is 2.48 bits per heavy atom. The zero-order valence-electron chi connectivity index (χ0n) is 13.9. The number of piperazine rings is 1. The third-order valence-electron chi connectivity index (χ3n) is 4.67. The van der Waals surface area contributed by atoms with E-state index in [0.29, 0.717) is 5.02 Å². The van der Waals surface area contributed by atoms with Gasteiger partial charge in [-0.05, 0) is 29.8 Å². The molecule has 0 radical (unpaired) electrons. The number of nitrogens with zero attached hydrogens (tertiary/aromatic N) is 4. The van der Waals surface area contributed by atoms with Crippen molar-refractivity contribution in [2.24, 2.45) is 0 Å². The first kappa shape index (κ1) is 16.5. The Kier molecular flexibility index (Phi) is 4.70. The van der Waals surface area contributed by atoms with Gasteiger partial charge in [-0.1, -0.05) is 23.7 Å². The molecule has 1 aliphatic rings. The van der Waals surface area contributed by atoms with Gasteiger partial charge < -0.3 is 4.40 Å². The van der Waals surface area contributed by atoms with Crippen molar-refractivity contribution in [1.29, 1.82) is 0 Å². The Balaban J connectivity index is 1.33. The molecule has 0 atom stereocenters. The SMILES string of the molecule is Fc1ccc(CN2CCN(Cc3cn4ccccc4n3)CC2)c(Cl)c1. The summed E-state index contributed by atoms with van der Waals surface area (Å²) in [7, 11) is 0. The number of fused-ring (bicyclic) bond motifs is 1. The summed E-state index contributed by atoms with van der Waals surface area (Å²) in [6.45, 7) is 5.57. The summed E-state index contributed by atoms with van der Waals surface area (Å²) >= 11 is 6.14. The zero-order chi connectivity index (χ0) is 17.2. The van der Waals surface area contributed by atoms with E-state index < -0.39 is 0 Å². The second kappa shape index (κ2) is 7.12. The van der Waals surface area contributed by atoms with Crippen molar-refractivity contribution in [3.05, 3.63) is 70.9 Å². The molecule has 130 valence electrons. The molecule has 1 fully saturated rings. The van der Waals surface area contributed by atoms with E-state index in [4.69, 9.17) is 11.6 Å². The van der Waals surface area contributed by atoms with Crippen LogP contribution in [0.2, 0.25) is 5.02 Å². The van der Waals surface area contributed by atoms with Crippen LogP contribution in [-0.2, 0) is 13.1 Å². The van der Waals surface area contributed by atoms with Crippen molar-refractivity contribution in [1.82, 2.24) is 19.2 Å². The third-order valence-corrected chi connectivity index (χ3v) is 5.03. The van der Waals surface area contributed by atoms with Gasteiger partial charge in [-0.3, -0.25) is 9.80 Å². The molecule has 1 aromatic carbocycles. The highest BCUT2D eigenvalue weighted by atomic mass is 35.5. The molecule has 0 aliphatic carbocycles. The van der Waals surface area contributed by atoms with Gasteiger partial charge in [0.15, 0.2) is 0 Å². The van der Waals surface area contributed by atoms with Gasteiger partial charge >= 0.3 is 0 Å². The van der Waals surface area contributed by atoms with E-state index in [2.05, 4.69) is 25.4 Å². The third kappa shape index (κ3) is 3.84. The van der Waals surface area contributed by atoms with E-state index in [1.807, 2.05) is 24.4 Å². The van der Waals surface area contributed by atoms with Gasteiger partial charge in [-0.25, -0.2) is 9.37 Å². The van der Waals surface area contributed by atoms with Gasteiger partial charge in [0.05, 0.1) is 5.69 Å². The normalized spacial score (nSPS) is 16.6. The Hall–Kier alpha value is -1.95. The smallest absolute Gasteiger partial charge is 0.137 e. The largest absolute Gasteiger partial charge is 0.307 e. The fourth-order valence-electron chi connectivity index (χ4n) is 3.29. The van der Waals surface area contributed by atoms with Crippen LogP contribution in [-0.4, -0.2) is 45.4 Å². The lowest BCUT2D eigenvalue weighted by Crippen LogP contribution is -2.45. The Bertz CT molecular complexity index is 838. The number of halogens is 2. The standard InChI is InChI=1S/C19H20ClFN4/c20-18-11-16(21)5-4-15(18)12-23-7-9-24(10-8-23)13-17-14-25-6-2-1-3-19(25)22-17/h1-6,11,14H,7-10,12-13H2. The van der Waals surface area contributed by atoms with Crippen molar-refractivity contribution in [3.8, 4) is 0 Å². The second-order valence-electron chi connectivity index (χ2n) is 6.49. The average Bonchev–Trinajstić information content (AvgIpc) is 3.01. The number of imidazole rings is 1. The molecule has 4 nitrogen and oxygen atoms in total. The second-order valence-corrected chi connectivity index (χ2v) is 6.89. The number of rotatable bonds is 4. The Labute approximate surface area is 151 Å². The van der Waals surface area contributed by atoms with Crippen molar-refractivity contribution in [2.75, 3.05) is 26.2 Å². The topological polar surface area (TPSA) is 23.8 Å². The van der Waals surface area contributed by atoms with Crippen LogP contribution in [0.25, 0.3) is 5.65 Å². The van der Waals surface area contributed by atoms with Crippen LogP contribution in [0.3, 0.4) is 0 Å². The van der Waals surface area contributed by atoms with Crippen LogP contribution >= 0.6 is 11.6 Å². The van der Waals surface area contributed by atoms with Gasteiger partial charge in [0.1, 0.15) is 11.5 Å². The first-order chi connectivity index (χ1) is 12.2. The molecule has 6 heteroatoms. The highest BCUT2D eigenvalue weighted by Crippen LogP contribution is 2.20. The number of aromatic nitrogens is 2. The molecule has 0 amide bonds. The van der Waals surface area contributed by atoms with Crippen LogP contribution in [0.4, 0.5) is 4.39 Å². The molecule has 3 aromatic rings. The summed E-state index contributed by atoms with van der Waals surface area (Å²) in [5.41, 5.74) is 3.07. The number of benzene rings is 1. The van der Waals surface area contributed by atoms with Crippen LogP contribution in [0, 0.1) is 5.82 Å². The van der Waals surface area contributed by atoms with Crippen molar-refractivity contribution < 1.29 is 4.39 Å². The van der Waals surface area contributed by atoms with E-state index in [0.717, 1.165) is 56.2 Å². The first-order valence-electron chi connectivity index (χ1n) is 8.49. The van der Waals surface area contributed by atoms with E-state index in [-0.39, 0.29) is 5.82 Å². The van der Waals surface area contributed by atoms with Crippen molar-refractivity contribution in [2.45, 2.75) is 13.1 Å². The highest BCUT2D eigenvalue weighted by Gasteiger charge is 2.19. The minimum absolute atomic E-state index is 0.286. The maximum Gasteiger partial charge on any atom is 0.137 e. The molecule has 1 saturated heterocycles. The summed E-state index contributed by atoms with van der Waals surface area (Å²) < 4.78 is 15.2. The molecule has 1 aliphatic heterocycles. The fraction of sp³-hybridized carbons (Fsp3) is 0.316. The summed E-state index contributed by atoms with van der Waals surface area (Å²) in [6.07, 6.45) is 4.12. The van der Waals surface area contributed by atoms with Gasteiger partial charge in [-0.15, -0.1) is 0 Å². The van der Waals surface area contributed by atoms with E-state index >= 15 is 0 Å². The monoisotopic (exact) mass is 358 g/mol. The summed E-state index contributed by atoms with van der Waals surface area (Å²) in [5.74, 6) is -0.286. The van der Waals surface area contributed by atoms with Gasteiger partial charge in [0.25, 0.3) is 0 Å². The van der Waals surface area contributed by atoms with Crippen LogP contribution < -0.4 is 0 Å². The molecule has 2 aromatic heterocycles. The lowest BCUT2D eigenvalue weighted by atomic mass is 10.2. The molecule has 3 heterocycles. The number of hydrogen-bond acceptors (Lipinski definition) is 3. The van der Waals surface area contributed by atoms with Gasteiger partial charge in [0.2, 0.25) is 0 Å². The highest BCUT2D eigenvalue weighted by molar-refractivity contribution is 6.31. The maximum absolute atomic E-state index is 13.1. The Morgan fingerprint density at radius 2 is 1.76 bits per heavy atom. The molecule has 4 rings (SSSR count). The zero-order valence-corrected chi connectivity index (χ0v) is 14.7. The van der Waals surface area contributed by atoms with Crippen molar-refractivity contribution >= 4 is 17.2 Å². The molecule has 0 bridgehead atoms. The molecule has 25 heavy (non-hydrogen) atoms. The maximum atomic E-state index is 13.1. The lowest BCUT2D eigenvalue weighted by Gasteiger charge is -2.34. The summed E-state index contributed by atoms with van der Waals surface area (Å²) in [6, 6.07) is 10.7. The number of pyridine rings is 1. The van der Waals surface area contributed by atoms with E-state index in [1.165, 1.54) is 12.1 Å². The first-order valence-corrected chi connectivity index (χ1v) is 8.86. The minimum atomic E-state index is -0.286. The minimum Gasteiger partial charge on any atom is -0.307 e. The number of hydrogen-bond donors (Lipinski definition) is 0. The predicted molar refractivity (Wildman–Crippen MR) is 97.2 cm³/mol. The molecule has 0 unspecified atom stereocenters.